The minimum Gasteiger partial charge on any atom is -0.317 e. The van der Waals surface area contributed by atoms with Crippen LogP contribution in [0.1, 0.15) is 155 Å². The summed E-state index contributed by atoms with van der Waals surface area (Å²) < 4.78 is 0. The van der Waals surface area contributed by atoms with Gasteiger partial charge in [0.05, 0.1) is 11.4 Å². The van der Waals surface area contributed by atoms with E-state index >= 15 is 0 Å². The summed E-state index contributed by atoms with van der Waals surface area (Å²) >= 11 is 0. The topological polar surface area (TPSA) is 37.8 Å². The van der Waals surface area contributed by atoms with Crippen molar-refractivity contribution in [2.75, 3.05) is 7.05 Å². The zero-order valence-corrected chi connectivity index (χ0v) is 26.1. The molecule has 0 saturated heterocycles. The Morgan fingerprint density at radius 3 is 1.10 bits per heavy atom. The van der Waals surface area contributed by atoms with Crippen molar-refractivity contribution in [3.8, 4) is 11.4 Å². The second-order valence-electron chi connectivity index (χ2n) is 11.4. The predicted octanol–water partition coefficient (Wildman–Crippen LogP) is 11.3. The SMILES string of the molecule is CCCCCCCCCCCCC(CCCCCCCCCCCC)NC.c1ccc(-c2ccccn2)nc1. The van der Waals surface area contributed by atoms with Crippen LogP contribution in [0, 0.1) is 0 Å². The second-order valence-corrected chi connectivity index (χ2v) is 11.4. The smallest absolute Gasteiger partial charge is 0.0886 e. The van der Waals surface area contributed by atoms with Crippen LogP contribution >= 0.6 is 0 Å². The van der Waals surface area contributed by atoms with E-state index in [1.165, 1.54) is 141 Å². The summed E-state index contributed by atoms with van der Waals surface area (Å²) in [7, 11) is 2.16. The van der Waals surface area contributed by atoms with Crippen molar-refractivity contribution in [1.82, 2.24) is 15.3 Å². The van der Waals surface area contributed by atoms with Gasteiger partial charge in [0.1, 0.15) is 0 Å². The van der Waals surface area contributed by atoms with E-state index in [1.54, 1.807) is 12.4 Å². The summed E-state index contributed by atoms with van der Waals surface area (Å²) in [5.74, 6) is 0. The van der Waals surface area contributed by atoms with E-state index in [4.69, 9.17) is 0 Å². The molecule has 0 atom stereocenters. The average molecular weight is 538 g/mol. The van der Waals surface area contributed by atoms with Crippen LogP contribution in [0.5, 0.6) is 0 Å². The molecule has 39 heavy (non-hydrogen) atoms. The molecule has 0 saturated carbocycles. The van der Waals surface area contributed by atoms with Gasteiger partial charge in [-0.15, -0.1) is 0 Å². The van der Waals surface area contributed by atoms with Gasteiger partial charge < -0.3 is 5.32 Å². The zero-order chi connectivity index (χ0) is 28.1. The Kier molecular flexibility index (Phi) is 25.2. The van der Waals surface area contributed by atoms with Crippen LogP contribution in [-0.2, 0) is 0 Å². The number of aromatic nitrogens is 2. The van der Waals surface area contributed by atoms with Crippen molar-refractivity contribution in [2.24, 2.45) is 0 Å². The monoisotopic (exact) mass is 538 g/mol. The Labute approximate surface area is 243 Å². The molecule has 2 aromatic heterocycles. The van der Waals surface area contributed by atoms with Gasteiger partial charge in [-0.05, 0) is 44.2 Å². The molecule has 0 amide bonds. The highest BCUT2D eigenvalue weighted by Gasteiger charge is 2.05. The number of hydrogen-bond donors (Lipinski definition) is 1. The van der Waals surface area contributed by atoms with E-state index < -0.39 is 0 Å². The standard InChI is InChI=1S/C26H55N.C10H8N2/c1-4-6-8-10-12-14-16-18-20-22-24-26(27-3)25-23-21-19-17-15-13-11-9-7-5-2;1-3-7-11-9(5-1)10-6-2-4-8-12-10/h26-27H,4-25H2,1-3H3;1-8H. The molecule has 2 heterocycles. The largest absolute Gasteiger partial charge is 0.317 e. The van der Waals surface area contributed by atoms with E-state index in [9.17, 15) is 0 Å². The lowest BCUT2D eigenvalue weighted by atomic mass is 9.99. The first-order valence-corrected chi connectivity index (χ1v) is 16.8. The maximum atomic E-state index is 4.19. The molecule has 0 aliphatic heterocycles. The lowest BCUT2D eigenvalue weighted by Crippen LogP contribution is -2.24. The van der Waals surface area contributed by atoms with E-state index in [1.807, 2.05) is 36.4 Å². The molecule has 222 valence electrons. The highest BCUT2D eigenvalue weighted by Crippen LogP contribution is 2.16. The third kappa shape index (κ3) is 21.7. The second kappa shape index (κ2) is 27.8. The molecule has 2 aromatic rings. The van der Waals surface area contributed by atoms with E-state index in [0.717, 1.165) is 17.4 Å². The number of nitrogens with zero attached hydrogens (tertiary/aromatic N) is 2. The average Bonchev–Trinajstić information content (AvgIpc) is 2.99. The first kappa shape index (κ1) is 35.3. The van der Waals surface area contributed by atoms with Crippen LogP contribution in [0.2, 0.25) is 0 Å². The van der Waals surface area contributed by atoms with Crippen LogP contribution in [0.4, 0.5) is 0 Å². The van der Waals surface area contributed by atoms with Crippen molar-refractivity contribution in [1.29, 1.82) is 0 Å². The Balaban J connectivity index is 0.000000516. The van der Waals surface area contributed by atoms with Gasteiger partial charge in [0.25, 0.3) is 0 Å². The van der Waals surface area contributed by atoms with Gasteiger partial charge in [0.2, 0.25) is 0 Å². The molecule has 1 N–H and O–H groups in total. The fraction of sp³-hybridized carbons (Fsp3) is 0.722. The lowest BCUT2D eigenvalue weighted by molar-refractivity contribution is 0.434. The van der Waals surface area contributed by atoms with Crippen LogP contribution in [-0.4, -0.2) is 23.1 Å². The van der Waals surface area contributed by atoms with Crippen LogP contribution in [0.15, 0.2) is 48.8 Å². The van der Waals surface area contributed by atoms with Gasteiger partial charge in [-0.1, -0.05) is 154 Å². The van der Waals surface area contributed by atoms with E-state index in [2.05, 4.69) is 36.2 Å². The Bertz CT molecular complexity index is 657. The van der Waals surface area contributed by atoms with Crippen molar-refractivity contribution in [2.45, 2.75) is 161 Å². The van der Waals surface area contributed by atoms with Gasteiger partial charge >= 0.3 is 0 Å². The number of pyridine rings is 2. The number of nitrogens with one attached hydrogen (secondary N) is 1. The highest BCUT2D eigenvalue weighted by molar-refractivity contribution is 5.52. The van der Waals surface area contributed by atoms with Gasteiger partial charge in [-0.25, -0.2) is 0 Å². The lowest BCUT2D eigenvalue weighted by Gasteiger charge is -2.16. The third-order valence-electron chi connectivity index (χ3n) is 7.81. The molecule has 2 rings (SSSR count). The fourth-order valence-electron chi connectivity index (χ4n) is 5.22. The van der Waals surface area contributed by atoms with Crippen LogP contribution in [0.25, 0.3) is 11.4 Å². The Hall–Kier alpha value is -1.74. The normalized spacial score (nSPS) is 11.0. The molecule has 0 aliphatic rings. The van der Waals surface area contributed by atoms with Crippen LogP contribution < -0.4 is 5.32 Å². The quantitative estimate of drug-likeness (QED) is 0.135. The highest BCUT2D eigenvalue weighted by atomic mass is 14.9. The molecule has 3 heteroatoms. The van der Waals surface area contributed by atoms with E-state index in [0.29, 0.717) is 0 Å². The van der Waals surface area contributed by atoms with Gasteiger partial charge in [-0.3, -0.25) is 9.97 Å². The van der Waals surface area contributed by atoms with Crippen molar-refractivity contribution in [3.05, 3.63) is 48.8 Å². The Morgan fingerprint density at radius 1 is 0.487 bits per heavy atom. The van der Waals surface area contributed by atoms with Crippen molar-refractivity contribution >= 4 is 0 Å². The molecule has 0 unspecified atom stereocenters. The first-order valence-electron chi connectivity index (χ1n) is 16.8. The van der Waals surface area contributed by atoms with E-state index in [-0.39, 0.29) is 0 Å². The minimum absolute atomic E-state index is 0.771. The zero-order valence-electron chi connectivity index (χ0n) is 26.1. The third-order valence-corrected chi connectivity index (χ3v) is 7.81. The predicted molar refractivity (Wildman–Crippen MR) is 173 cm³/mol. The summed E-state index contributed by atoms with van der Waals surface area (Å²) in [6.07, 6.45) is 35.3. The maximum Gasteiger partial charge on any atom is 0.0886 e. The summed E-state index contributed by atoms with van der Waals surface area (Å²) in [5.41, 5.74) is 1.83. The fourth-order valence-corrected chi connectivity index (χ4v) is 5.22. The van der Waals surface area contributed by atoms with Crippen LogP contribution in [0.3, 0.4) is 0 Å². The summed E-state index contributed by atoms with van der Waals surface area (Å²) in [6.45, 7) is 4.60. The molecule has 0 spiro atoms. The number of hydrogen-bond acceptors (Lipinski definition) is 3. The molecule has 0 aliphatic carbocycles. The maximum absolute atomic E-state index is 4.19. The molecule has 0 fully saturated rings. The molecular weight excluding hydrogens is 474 g/mol. The number of rotatable bonds is 24. The van der Waals surface area contributed by atoms with Crippen molar-refractivity contribution < 1.29 is 0 Å². The Morgan fingerprint density at radius 2 is 0.821 bits per heavy atom. The van der Waals surface area contributed by atoms with Gasteiger partial charge in [0.15, 0.2) is 0 Å². The summed E-state index contributed by atoms with van der Waals surface area (Å²) in [6, 6.07) is 12.4. The molecule has 0 bridgehead atoms. The molecule has 3 nitrogen and oxygen atoms in total. The summed E-state index contributed by atoms with van der Waals surface area (Å²) in [4.78, 5) is 8.37. The summed E-state index contributed by atoms with van der Waals surface area (Å²) in [5, 5.41) is 3.56. The van der Waals surface area contributed by atoms with Crippen molar-refractivity contribution in [3.63, 3.8) is 0 Å². The minimum atomic E-state index is 0.771. The number of unbranched alkanes of at least 4 members (excludes halogenated alkanes) is 18. The molecular formula is C36H63N3. The first-order chi connectivity index (χ1) is 19.3. The molecule has 0 radical (unpaired) electrons. The van der Waals surface area contributed by atoms with Gasteiger partial charge in [0, 0.05) is 18.4 Å². The molecule has 0 aromatic carbocycles. The van der Waals surface area contributed by atoms with Gasteiger partial charge in [-0.2, -0.15) is 0 Å².